The number of nitrogens with one attached hydrogen (secondary N) is 1. The average molecular weight is 334 g/mol. The Morgan fingerprint density at radius 3 is 2.83 bits per heavy atom. The van der Waals surface area contributed by atoms with Crippen molar-refractivity contribution in [3.8, 4) is 11.3 Å². The fourth-order valence-electron chi connectivity index (χ4n) is 2.96. The lowest BCUT2D eigenvalue weighted by Gasteiger charge is -2.33. The molecule has 2 heterocycles. The van der Waals surface area contributed by atoms with E-state index in [-0.39, 0.29) is 18.0 Å². The smallest absolute Gasteiger partial charge is 0.167 e. The van der Waals surface area contributed by atoms with Crippen LogP contribution in [0.5, 0.6) is 0 Å². The zero-order valence-corrected chi connectivity index (χ0v) is 13.7. The van der Waals surface area contributed by atoms with Crippen LogP contribution in [0.4, 0.5) is 4.39 Å². The molecule has 0 aliphatic carbocycles. The molecule has 2 N–H and O–H groups in total. The summed E-state index contributed by atoms with van der Waals surface area (Å²) in [6.07, 6.45) is 1.56. The monoisotopic (exact) mass is 334 g/mol. The maximum absolute atomic E-state index is 13.0. The van der Waals surface area contributed by atoms with Crippen LogP contribution in [0.1, 0.15) is 25.5 Å². The van der Waals surface area contributed by atoms with Crippen molar-refractivity contribution in [3.05, 3.63) is 41.8 Å². The fourth-order valence-corrected chi connectivity index (χ4v) is 2.96. The molecule has 0 unspecified atom stereocenters. The van der Waals surface area contributed by atoms with Gasteiger partial charge in [-0.3, -0.25) is 0 Å². The molecule has 1 aliphatic rings. The first-order valence-electron chi connectivity index (χ1n) is 8.41. The van der Waals surface area contributed by atoms with Crippen LogP contribution >= 0.6 is 0 Å². The molecular formula is C18H23FN2O3. The van der Waals surface area contributed by atoms with Crippen molar-refractivity contribution in [1.82, 2.24) is 10.5 Å². The van der Waals surface area contributed by atoms with Gasteiger partial charge in [-0.2, -0.15) is 0 Å². The maximum Gasteiger partial charge on any atom is 0.167 e. The minimum Gasteiger partial charge on any atom is -0.390 e. The van der Waals surface area contributed by atoms with Crippen molar-refractivity contribution in [2.24, 2.45) is 0 Å². The van der Waals surface area contributed by atoms with E-state index in [1.54, 1.807) is 12.1 Å². The third-order valence-corrected chi connectivity index (χ3v) is 4.30. The van der Waals surface area contributed by atoms with Crippen molar-refractivity contribution >= 4 is 0 Å². The van der Waals surface area contributed by atoms with Crippen LogP contribution in [-0.4, -0.2) is 41.7 Å². The van der Waals surface area contributed by atoms with Crippen molar-refractivity contribution in [2.75, 3.05) is 13.1 Å². The van der Waals surface area contributed by atoms with E-state index in [0.29, 0.717) is 18.7 Å². The third kappa shape index (κ3) is 4.20. The van der Waals surface area contributed by atoms with E-state index in [4.69, 9.17) is 9.26 Å². The predicted octanol–water partition coefficient (Wildman–Crippen LogP) is 2.54. The summed E-state index contributed by atoms with van der Waals surface area (Å²) in [5.74, 6) is 0.337. The lowest BCUT2D eigenvalue weighted by Crippen LogP contribution is -2.45. The molecule has 0 radical (unpaired) electrons. The van der Waals surface area contributed by atoms with Crippen molar-refractivity contribution in [1.29, 1.82) is 0 Å². The second-order valence-electron chi connectivity index (χ2n) is 6.14. The van der Waals surface area contributed by atoms with Crippen LogP contribution in [0.3, 0.4) is 0 Å². The van der Waals surface area contributed by atoms with Crippen LogP contribution in [0, 0.1) is 5.82 Å². The van der Waals surface area contributed by atoms with E-state index >= 15 is 0 Å². The van der Waals surface area contributed by atoms with E-state index in [1.165, 1.54) is 12.1 Å². The normalized spacial score (nSPS) is 24.2. The van der Waals surface area contributed by atoms with Gasteiger partial charge in [0, 0.05) is 24.6 Å². The molecule has 1 saturated heterocycles. The Hall–Kier alpha value is -1.76. The summed E-state index contributed by atoms with van der Waals surface area (Å²) in [7, 11) is 0. The molecule has 3 atom stereocenters. The van der Waals surface area contributed by atoms with Crippen molar-refractivity contribution in [2.45, 2.75) is 44.5 Å². The van der Waals surface area contributed by atoms with Gasteiger partial charge >= 0.3 is 0 Å². The molecule has 3 rings (SSSR count). The maximum atomic E-state index is 13.0. The molecule has 1 aromatic heterocycles. The highest BCUT2D eigenvalue weighted by Gasteiger charge is 2.30. The van der Waals surface area contributed by atoms with Crippen LogP contribution in [0.25, 0.3) is 11.3 Å². The molecule has 0 amide bonds. The molecule has 1 fully saturated rings. The van der Waals surface area contributed by atoms with Crippen molar-refractivity contribution < 1.29 is 18.8 Å². The second-order valence-corrected chi connectivity index (χ2v) is 6.14. The summed E-state index contributed by atoms with van der Waals surface area (Å²) in [6, 6.07) is 7.99. The van der Waals surface area contributed by atoms with E-state index in [0.717, 1.165) is 30.6 Å². The molecule has 6 heteroatoms. The second kappa shape index (κ2) is 7.88. The highest BCUT2D eigenvalue weighted by molar-refractivity contribution is 5.57. The SMILES string of the molecule is CCNC[C@H]1O[C@H](Cc2cc(-c3ccc(F)cc3)on2)CC[C@@H]1O. The number of aromatic nitrogens is 1. The first-order chi connectivity index (χ1) is 11.7. The molecular weight excluding hydrogens is 311 g/mol. The topological polar surface area (TPSA) is 67.5 Å². The average Bonchev–Trinajstić information content (AvgIpc) is 3.04. The number of ether oxygens (including phenoxy) is 1. The van der Waals surface area contributed by atoms with Gasteiger partial charge in [-0.05, 0) is 43.7 Å². The Morgan fingerprint density at radius 1 is 1.29 bits per heavy atom. The molecule has 2 aromatic rings. The van der Waals surface area contributed by atoms with Gasteiger partial charge in [0.1, 0.15) is 5.82 Å². The standard InChI is InChI=1S/C18H23FN2O3/c1-2-20-11-18-16(22)8-7-15(23-18)9-14-10-17(24-21-14)12-3-5-13(19)6-4-12/h3-6,10,15-16,18,20,22H,2,7-9,11H2,1H3/t15-,16-,18+/m0/s1. The summed E-state index contributed by atoms with van der Waals surface area (Å²) in [5, 5.41) is 17.3. The third-order valence-electron chi connectivity index (χ3n) is 4.30. The first kappa shape index (κ1) is 17.1. The Bertz CT molecular complexity index is 644. The summed E-state index contributed by atoms with van der Waals surface area (Å²) in [6.45, 7) is 3.52. The molecule has 130 valence electrons. The first-order valence-corrected chi connectivity index (χ1v) is 8.41. The van der Waals surface area contributed by atoms with Gasteiger partial charge in [-0.1, -0.05) is 12.1 Å². The van der Waals surface area contributed by atoms with Crippen LogP contribution in [-0.2, 0) is 11.2 Å². The Balaban J connectivity index is 1.61. The largest absolute Gasteiger partial charge is 0.390 e. The highest BCUT2D eigenvalue weighted by Crippen LogP contribution is 2.25. The number of benzene rings is 1. The number of nitrogens with zero attached hydrogens (tertiary/aromatic N) is 1. The van der Waals surface area contributed by atoms with Crippen LogP contribution < -0.4 is 5.32 Å². The number of aliphatic hydroxyl groups is 1. The highest BCUT2D eigenvalue weighted by atomic mass is 19.1. The summed E-state index contributed by atoms with van der Waals surface area (Å²) >= 11 is 0. The lowest BCUT2D eigenvalue weighted by molar-refractivity contribution is -0.114. The van der Waals surface area contributed by atoms with Gasteiger partial charge < -0.3 is 19.7 Å². The summed E-state index contributed by atoms with van der Waals surface area (Å²) in [5.41, 5.74) is 1.60. The number of likely N-dealkylation sites (N-methyl/N-ethyl adjacent to an activating group) is 1. The number of aliphatic hydroxyl groups excluding tert-OH is 1. The van der Waals surface area contributed by atoms with Gasteiger partial charge in [-0.15, -0.1) is 0 Å². The molecule has 0 spiro atoms. The zero-order chi connectivity index (χ0) is 16.9. The quantitative estimate of drug-likeness (QED) is 0.850. The Labute approximate surface area is 140 Å². The number of hydrogen-bond donors (Lipinski definition) is 2. The van der Waals surface area contributed by atoms with Gasteiger partial charge in [0.05, 0.1) is 24.0 Å². The molecule has 1 aromatic carbocycles. The van der Waals surface area contributed by atoms with Crippen LogP contribution in [0.15, 0.2) is 34.9 Å². The zero-order valence-electron chi connectivity index (χ0n) is 13.7. The fraction of sp³-hybridized carbons (Fsp3) is 0.500. The van der Waals surface area contributed by atoms with E-state index < -0.39 is 6.10 Å². The molecule has 5 nitrogen and oxygen atoms in total. The van der Waals surface area contributed by atoms with Gasteiger partial charge in [0.15, 0.2) is 5.76 Å². The molecule has 24 heavy (non-hydrogen) atoms. The number of rotatable bonds is 6. The Morgan fingerprint density at radius 2 is 2.08 bits per heavy atom. The number of halogens is 1. The molecule has 0 bridgehead atoms. The summed E-state index contributed by atoms with van der Waals surface area (Å²) in [4.78, 5) is 0. The predicted molar refractivity (Wildman–Crippen MR) is 88.0 cm³/mol. The van der Waals surface area contributed by atoms with E-state index in [1.807, 2.05) is 13.0 Å². The molecule has 1 aliphatic heterocycles. The number of hydrogen-bond acceptors (Lipinski definition) is 5. The minimum absolute atomic E-state index is 0.0169. The van der Waals surface area contributed by atoms with E-state index in [9.17, 15) is 9.50 Å². The minimum atomic E-state index is -0.424. The van der Waals surface area contributed by atoms with Gasteiger partial charge in [-0.25, -0.2) is 4.39 Å². The van der Waals surface area contributed by atoms with Crippen molar-refractivity contribution in [3.63, 3.8) is 0 Å². The van der Waals surface area contributed by atoms with E-state index in [2.05, 4.69) is 10.5 Å². The van der Waals surface area contributed by atoms with Gasteiger partial charge in [0.2, 0.25) is 0 Å². The Kier molecular flexibility index (Phi) is 5.60. The summed E-state index contributed by atoms with van der Waals surface area (Å²) < 4.78 is 24.3. The lowest BCUT2D eigenvalue weighted by atomic mass is 9.98. The molecule has 0 saturated carbocycles. The van der Waals surface area contributed by atoms with Crippen LogP contribution in [0.2, 0.25) is 0 Å². The van der Waals surface area contributed by atoms with Gasteiger partial charge in [0.25, 0.3) is 0 Å².